The monoisotopic (exact) mass is 502 g/mol. The smallest absolute Gasteiger partial charge is 0.407 e. The summed E-state index contributed by atoms with van der Waals surface area (Å²) < 4.78 is 10.2. The molecule has 0 aliphatic rings. The van der Waals surface area contributed by atoms with Gasteiger partial charge in [0.15, 0.2) is 12.5 Å². The van der Waals surface area contributed by atoms with Gasteiger partial charge in [0, 0.05) is 19.3 Å². The maximum atomic E-state index is 11.5. The second kappa shape index (κ2) is 26.8. The van der Waals surface area contributed by atoms with Gasteiger partial charge >= 0.3 is 18.0 Å². The fraction of sp³-hybridized carbons (Fsp3) is 0.889. The largest absolute Gasteiger partial charge is 0.465 e. The van der Waals surface area contributed by atoms with Crippen LogP contribution in [0.1, 0.15) is 143 Å². The van der Waals surface area contributed by atoms with Crippen molar-refractivity contribution in [3.8, 4) is 0 Å². The van der Waals surface area contributed by atoms with E-state index in [9.17, 15) is 14.4 Å². The molecule has 8 nitrogen and oxygen atoms in total. The number of ether oxygens (including phenoxy) is 2. The summed E-state index contributed by atoms with van der Waals surface area (Å²) in [6.45, 7) is 8.31. The molecule has 0 rings (SSSR count). The van der Waals surface area contributed by atoms with E-state index in [1.807, 2.05) is 13.8 Å². The summed E-state index contributed by atoms with van der Waals surface area (Å²) in [4.78, 5) is 33.4. The quantitative estimate of drug-likeness (QED) is 0.0872. The minimum absolute atomic E-state index is 0.142. The maximum absolute atomic E-state index is 11.5. The number of rotatable bonds is 21. The van der Waals surface area contributed by atoms with Gasteiger partial charge in [-0.2, -0.15) is 0 Å². The fourth-order valence-corrected chi connectivity index (χ4v) is 3.45. The van der Waals surface area contributed by atoms with E-state index in [1.54, 1.807) is 0 Å². The van der Waals surface area contributed by atoms with Gasteiger partial charge in [-0.05, 0) is 19.3 Å². The lowest BCUT2D eigenvalue weighted by molar-refractivity contribution is -0.151. The van der Waals surface area contributed by atoms with Crippen LogP contribution in [0.3, 0.4) is 0 Å². The molecule has 0 saturated carbocycles. The van der Waals surface area contributed by atoms with Crippen LogP contribution in [-0.2, 0) is 19.1 Å². The molecule has 1 amide bonds. The molecule has 0 aromatic heterocycles. The highest BCUT2D eigenvalue weighted by atomic mass is 16.6. The average molecular weight is 503 g/mol. The van der Waals surface area contributed by atoms with Crippen LogP contribution >= 0.6 is 0 Å². The molecule has 0 bridgehead atoms. The van der Waals surface area contributed by atoms with Gasteiger partial charge in [-0.15, -0.1) is 0 Å². The van der Waals surface area contributed by atoms with Crippen molar-refractivity contribution < 1.29 is 29.0 Å². The van der Waals surface area contributed by atoms with Gasteiger partial charge in [-0.3, -0.25) is 20.6 Å². The Kier molecular flexibility index (Phi) is 27.0. The van der Waals surface area contributed by atoms with Crippen LogP contribution in [-0.4, -0.2) is 35.6 Å². The zero-order valence-corrected chi connectivity index (χ0v) is 22.9. The first-order valence-electron chi connectivity index (χ1n) is 13.9. The first-order valence-corrected chi connectivity index (χ1v) is 13.9. The topological polar surface area (TPSA) is 128 Å². The molecule has 4 N–H and O–H groups in total. The molecule has 0 fully saturated rings. The molecule has 0 spiro atoms. The Morgan fingerprint density at radius 3 is 1.51 bits per heavy atom. The fourth-order valence-electron chi connectivity index (χ4n) is 3.45. The van der Waals surface area contributed by atoms with Crippen LogP contribution in [0.2, 0.25) is 0 Å². The summed E-state index contributed by atoms with van der Waals surface area (Å²) >= 11 is 0. The summed E-state index contributed by atoms with van der Waals surface area (Å²) in [5.41, 5.74) is 5.61. The normalized spacial score (nSPS) is 12.1. The lowest BCUT2D eigenvalue weighted by Crippen LogP contribution is -2.37. The van der Waals surface area contributed by atoms with Crippen molar-refractivity contribution in [2.75, 3.05) is 0 Å². The molecule has 0 radical (unpaired) electrons. The number of nitrogens with one attached hydrogen (secondary N) is 1. The standard InChI is InChI=1S/C14H27NO4.C13H27NO2/c1-3-5-6-7-8-9-11-13(16)19-12(10-4-2)15-14(17)18;1-3-5-6-7-8-9-11-13(15)16-12(14)10-4-2/h12,15H,3-11H2,1-2H3,(H,17,18);12H,3-11,14H2,1-2H3. The third kappa shape index (κ3) is 28.3. The first kappa shape index (κ1) is 35.3. The molecule has 0 aliphatic carbocycles. The molecular formula is C27H54N2O6. The Bertz CT molecular complexity index is 516. The lowest BCUT2D eigenvalue weighted by Gasteiger charge is -2.16. The second-order valence-electron chi connectivity index (χ2n) is 9.07. The van der Waals surface area contributed by atoms with Gasteiger partial charge in [0.05, 0.1) is 0 Å². The number of unbranched alkanes of at least 4 members (excludes halogenated alkanes) is 10. The van der Waals surface area contributed by atoms with Gasteiger partial charge in [0.25, 0.3) is 0 Å². The molecule has 2 unspecified atom stereocenters. The highest BCUT2D eigenvalue weighted by molar-refractivity contribution is 5.70. The molecule has 2 atom stereocenters. The molecule has 0 heterocycles. The highest BCUT2D eigenvalue weighted by Gasteiger charge is 2.15. The number of amides is 1. The number of hydrogen-bond acceptors (Lipinski definition) is 6. The Balaban J connectivity index is 0. The van der Waals surface area contributed by atoms with E-state index in [0.717, 1.165) is 51.4 Å². The Morgan fingerprint density at radius 2 is 1.09 bits per heavy atom. The zero-order valence-electron chi connectivity index (χ0n) is 22.9. The SMILES string of the molecule is CCCCCCCCC(=O)OC(CCC)NC(=O)O.CCCCCCCCC(=O)OC(N)CCC. The van der Waals surface area contributed by atoms with Crippen molar-refractivity contribution in [3.05, 3.63) is 0 Å². The highest BCUT2D eigenvalue weighted by Crippen LogP contribution is 2.10. The van der Waals surface area contributed by atoms with E-state index in [2.05, 4.69) is 19.2 Å². The van der Waals surface area contributed by atoms with Crippen LogP contribution in [0.15, 0.2) is 0 Å². The Hall–Kier alpha value is -1.83. The molecule has 0 aliphatic heterocycles. The summed E-state index contributed by atoms with van der Waals surface area (Å²) in [6.07, 6.45) is 15.3. The van der Waals surface area contributed by atoms with E-state index < -0.39 is 18.5 Å². The number of nitrogens with two attached hydrogens (primary N) is 1. The third-order valence-electron chi connectivity index (χ3n) is 5.43. The first-order chi connectivity index (χ1) is 16.8. The average Bonchev–Trinajstić information content (AvgIpc) is 2.79. The van der Waals surface area contributed by atoms with Crippen LogP contribution in [0.25, 0.3) is 0 Å². The van der Waals surface area contributed by atoms with Gasteiger partial charge in [-0.25, -0.2) is 4.79 Å². The lowest BCUT2D eigenvalue weighted by atomic mass is 10.1. The summed E-state index contributed by atoms with van der Waals surface area (Å²) in [7, 11) is 0. The predicted molar refractivity (Wildman–Crippen MR) is 141 cm³/mol. The number of carbonyl (C=O) groups is 3. The van der Waals surface area contributed by atoms with Crippen LogP contribution in [0, 0.1) is 0 Å². The van der Waals surface area contributed by atoms with Crippen molar-refractivity contribution in [2.24, 2.45) is 5.73 Å². The third-order valence-corrected chi connectivity index (χ3v) is 5.43. The summed E-state index contributed by atoms with van der Waals surface area (Å²) in [5, 5.41) is 10.8. The van der Waals surface area contributed by atoms with E-state index in [4.69, 9.17) is 20.3 Å². The van der Waals surface area contributed by atoms with Crippen molar-refractivity contribution in [1.29, 1.82) is 0 Å². The maximum Gasteiger partial charge on any atom is 0.407 e. The van der Waals surface area contributed by atoms with Crippen LogP contribution < -0.4 is 11.1 Å². The predicted octanol–water partition coefficient (Wildman–Crippen LogP) is 7.04. The van der Waals surface area contributed by atoms with Crippen LogP contribution in [0.5, 0.6) is 0 Å². The minimum atomic E-state index is -1.16. The van der Waals surface area contributed by atoms with Gasteiger partial charge in [0.1, 0.15) is 0 Å². The number of carbonyl (C=O) groups excluding carboxylic acids is 2. The second-order valence-corrected chi connectivity index (χ2v) is 9.07. The molecular weight excluding hydrogens is 448 g/mol. The molecule has 0 aromatic rings. The molecule has 0 aromatic carbocycles. The Morgan fingerprint density at radius 1 is 0.657 bits per heavy atom. The zero-order chi connectivity index (χ0) is 26.7. The summed E-state index contributed by atoms with van der Waals surface area (Å²) in [5.74, 6) is -0.459. The van der Waals surface area contributed by atoms with Crippen molar-refractivity contribution in [1.82, 2.24) is 5.32 Å². The Labute approximate surface area is 214 Å². The van der Waals surface area contributed by atoms with Crippen molar-refractivity contribution in [2.45, 2.75) is 156 Å². The molecule has 8 heteroatoms. The summed E-state index contributed by atoms with van der Waals surface area (Å²) in [6, 6.07) is 0. The molecule has 35 heavy (non-hydrogen) atoms. The number of hydrogen-bond donors (Lipinski definition) is 3. The number of carboxylic acid groups (broad SMARTS) is 1. The van der Waals surface area contributed by atoms with E-state index >= 15 is 0 Å². The molecule has 0 saturated heterocycles. The minimum Gasteiger partial charge on any atom is -0.465 e. The number of esters is 2. The van der Waals surface area contributed by atoms with Crippen LogP contribution in [0.4, 0.5) is 4.79 Å². The van der Waals surface area contributed by atoms with Crippen molar-refractivity contribution >= 4 is 18.0 Å². The van der Waals surface area contributed by atoms with Gasteiger partial charge in [0.2, 0.25) is 0 Å². The molecule has 208 valence electrons. The van der Waals surface area contributed by atoms with Gasteiger partial charge in [-0.1, -0.05) is 105 Å². The van der Waals surface area contributed by atoms with E-state index in [-0.39, 0.29) is 11.9 Å². The van der Waals surface area contributed by atoms with Gasteiger partial charge < -0.3 is 14.6 Å². The van der Waals surface area contributed by atoms with E-state index in [0.29, 0.717) is 19.3 Å². The van der Waals surface area contributed by atoms with E-state index in [1.165, 1.54) is 44.9 Å². The van der Waals surface area contributed by atoms with Crippen molar-refractivity contribution in [3.63, 3.8) is 0 Å².